The van der Waals surface area contributed by atoms with Gasteiger partial charge in [-0.05, 0) is 47.0 Å². The van der Waals surface area contributed by atoms with Gasteiger partial charge in [-0.15, -0.1) is 0 Å². The summed E-state index contributed by atoms with van der Waals surface area (Å²) in [4.78, 5) is 37.2. The van der Waals surface area contributed by atoms with Gasteiger partial charge in [0, 0.05) is 5.39 Å². The lowest BCUT2D eigenvalue weighted by Crippen LogP contribution is -2.32. The van der Waals surface area contributed by atoms with Crippen molar-refractivity contribution >= 4 is 57.3 Å². The second-order valence-corrected chi connectivity index (χ2v) is 8.43. The Morgan fingerprint density at radius 2 is 1.82 bits per heavy atom. The quantitative estimate of drug-likeness (QED) is 0.447. The van der Waals surface area contributed by atoms with Gasteiger partial charge >= 0.3 is 5.97 Å². The number of hydrogen-bond acceptors (Lipinski definition) is 6. The summed E-state index contributed by atoms with van der Waals surface area (Å²) in [6.45, 7) is -0.229. The van der Waals surface area contributed by atoms with Gasteiger partial charge in [0.25, 0.3) is 11.1 Å². The monoisotopic (exact) mass is 483 g/mol. The smallest absolute Gasteiger partial charge is 0.341 e. The largest absolute Gasteiger partial charge is 0.491 e. The van der Waals surface area contributed by atoms with Crippen LogP contribution in [0.4, 0.5) is 4.79 Å². The van der Waals surface area contributed by atoms with Crippen molar-refractivity contribution in [3.05, 3.63) is 76.2 Å². The predicted octanol–water partition coefficient (Wildman–Crippen LogP) is 5.07. The summed E-state index contributed by atoms with van der Waals surface area (Å²) in [6, 6.07) is 18.2. The van der Waals surface area contributed by atoms with Crippen molar-refractivity contribution in [1.29, 1.82) is 0 Å². The van der Waals surface area contributed by atoms with Gasteiger partial charge in [0.05, 0.1) is 16.5 Å². The Morgan fingerprint density at radius 1 is 1.03 bits per heavy atom. The molecule has 0 atom stereocenters. The van der Waals surface area contributed by atoms with Crippen molar-refractivity contribution in [3.8, 4) is 11.5 Å². The Hall–Kier alpha value is -3.49. The molecule has 1 aliphatic heterocycles. The molecule has 33 heavy (non-hydrogen) atoms. The summed E-state index contributed by atoms with van der Waals surface area (Å²) < 4.78 is 10.9. The highest BCUT2D eigenvalue weighted by atomic mass is 35.5. The highest BCUT2D eigenvalue weighted by Crippen LogP contribution is 2.34. The fraction of sp³-hybridized carbons (Fsp3) is 0.125. The zero-order valence-corrected chi connectivity index (χ0v) is 18.8. The molecule has 1 aliphatic rings. The molecule has 1 heterocycles. The molecule has 1 saturated heterocycles. The number of ether oxygens (including phenoxy) is 2. The van der Waals surface area contributed by atoms with Gasteiger partial charge in [0.2, 0.25) is 0 Å². The Morgan fingerprint density at radius 3 is 2.61 bits per heavy atom. The van der Waals surface area contributed by atoms with Crippen LogP contribution in [0.5, 0.6) is 11.5 Å². The van der Waals surface area contributed by atoms with Crippen LogP contribution in [0.25, 0.3) is 16.8 Å². The van der Waals surface area contributed by atoms with Gasteiger partial charge in [-0.25, -0.2) is 4.79 Å². The number of aliphatic carboxylic acids is 1. The van der Waals surface area contributed by atoms with Crippen LogP contribution in [0, 0.1) is 0 Å². The maximum absolute atomic E-state index is 12.7. The van der Waals surface area contributed by atoms with E-state index in [0.717, 1.165) is 27.4 Å². The molecule has 1 N–H and O–H groups in total. The minimum Gasteiger partial charge on any atom is -0.491 e. The standard InChI is InChI=1S/C24H18ClNO6S/c25-18-12-15(8-9-20(18)32-14-22(27)28)13-21-23(29)26(24(30)33-21)10-11-31-19-7-3-5-16-4-1-2-6-17(16)19/h1-9,12-13H,10-11,14H2,(H,27,28)/b21-13-. The van der Waals surface area contributed by atoms with Crippen LogP contribution in [0.1, 0.15) is 5.56 Å². The SMILES string of the molecule is O=C(O)COc1ccc(/C=C2\SC(=O)N(CCOc3cccc4ccccc34)C2=O)cc1Cl. The van der Waals surface area contributed by atoms with E-state index in [9.17, 15) is 14.4 Å². The van der Waals surface area contributed by atoms with E-state index in [2.05, 4.69) is 0 Å². The minimum absolute atomic E-state index is 0.119. The summed E-state index contributed by atoms with van der Waals surface area (Å²) in [7, 11) is 0. The highest BCUT2D eigenvalue weighted by molar-refractivity contribution is 8.18. The number of benzene rings is 3. The maximum atomic E-state index is 12.7. The first-order valence-electron chi connectivity index (χ1n) is 9.92. The number of carbonyl (C=O) groups excluding carboxylic acids is 2. The van der Waals surface area contributed by atoms with Crippen molar-refractivity contribution in [2.75, 3.05) is 19.8 Å². The van der Waals surface area contributed by atoms with Crippen molar-refractivity contribution < 1.29 is 29.0 Å². The average Bonchev–Trinajstić information content (AvgIpc) is 3.06. The topological polar surface area (TPSA) is 93.1 Å². The lowest BCUT2D eigenvalue weighted by atomic mass is 10.1. The number of halogens is 1. The molecule has 168 valence electrons. The summed E-state index contributed by atoms with van der Waals surface area (Å²) in [5.41, 5.74) is 0.584. The van der Waals surface area contributed by atoms with E-state index in [-0.39, 0.29) is 34.1 Å². The molecule has 0 saturated carbocycles. The summed E-state index contributed by atoms with van der Waals surface area (Å²) in [5, 5.41) is 10.5. The highest BCUT2D eigenvalue weighted by Gasteiger charge is 2.34. The molecule has 3 aromatic rings. The summed E-state index contributed by atoms with van der Waals surface area (Å²) >= 11 is 6.97. The first-order chi connectivity index (χ1) is 15.9. The number of amides is 2. The van der Waals surface area contributed by atoms with E-state index in [4.69, 9.17) is 26.2 Å². The number of imide groups is 1. The zero-order chi connectivity index (χ0) is 23.4. The molecule has 0 unspecified atom stereocenters. The van der Waals surface area contributed by atoms with Gasteiger partial charge in [0.15, 0.2) is 6.61 Å². The van der Waals surface area contributed by atoms with Crippen LogP contribution >= 0.6 is 23.4 Å². The molecule has 0 aromatic heterocycles. The Labute approximate surface area is 198 Å². The number of rotatable bonds is 8. The van der Waals surface area contributed by atoms with Gasteiger partial charge in [0.1, 0.15) is 18.1 Å². The number of carbonyl (C=O) groups is 3. The number of carboxylic acids is 1. The number of fused-ring (bicyclic) bond motifs is 1. The van der Waals surface area contributed by atoms with Crippen molar-refractivity contribution in [3.63, 3.8) is 0 Å². The van der Waals surface area contributed by atoms with Gasteiger partial charge in [-0.2, -0.15) is 0 Å². The van der Waals surface area contributed by atoms with Crippen LogP contribution in [-0.2, 0) is 9.59 Å². The van der Waals surface area contributed by atoms with Crippen LogP contribution < -0.4 is 9.47 Å². The van der Waals surface area contributed by atoms with Crippen LogP contribution in [-0.4, -0.2) is 46.9 Å². The van der Waals surface area contributed by atoms with Crippen LogP contribution in [0.15, 0.2) is 65.6 Å². The summed E-state index contributed by atoms with van der Waals surface area (Å²) in [6.07, 6.45) is 1.56. The van der Waals surface area contributed by atoms with E-state index in [0.29, 0.717) is 11.3 Å². The number of hydrogen-bond donors (Lipinski definition) is 1. The predicted molar refractivity (Wildman–Crippen MR) is 127 cm³/mol. The molecule has 2 amide bonds. The van der Waals surface area contributed by atoms with Gasteiger partial charge in [-0.3, -0.25) is 14.5 Å². The maximum Gasteiger partial charge on any atom is 0.341 e. The van der Waals surface area contributed by atoms with E-state index in [1.54, 1.807) is 12.1 Å². The number of carboxylic acid groups (broad SMARTS) is 1. The molecule has 7 nitrogen and oxygen atoms in total. The molecule has 0 spiro atoms. The van der Waals surface area contributed by atoms with Crippen molar-refractivity contribution in [1.82, 2.24) is 4.90 Å². The van der Waals surface area contributed by atoms with E-state index < -0.39 is 18.5 Å². The van der Waals surface area contributed by atoms with Gasteiger partial charge < -0.3 is 14.6 Å². The third kappa shape index (κ3) is 5.30. The Bertz CT molecular complexity index is 1270. The summed E-state index contributed by atoms with van der Waals surface area (Å²) in [5.74, 6) is -0.618. The molecule has 3 aromatic carbocycles. The molecule has 0 bridgehead atoms. The normalized spacial score (nSPS) is 14.8. The molecule has 0 aliphatic carbocycles. The number of nitrogens with zero attached hydrogens (tertiary/aromatic N) is 1. The molecule has 9 heteroatoms. The third-order valence-corrected chi connectivity index (χ3v) is 6.00. The fourth-order valence-electron chi connectivity index (χ4n) is 3.28. The molecule has 4 rings (SSSR count). The second kappa shape index (κ2) is 9.97. The van der Waals surface area contributed by atoms with Crippen molar-refractivity contribution in [2.24, 2.45) is 0 Å². The fourth-order valence-corrected chi connectivity index (χ4v) is 4.38. The lowest BCUT2D eigenvalue weighted by molar-refractivity contribution is -0.139. The van der Waals surface area contributed by atoms with Crippen LogP contribution in [0.3, 0.4) is 0 Å². The second-order valence-electron chi connectivity index (χ2n) is 7.03. The zero-order valence-electron chi connectivity index (χ0n) is 17.2. The molecular weight excluding hydrogens is 466 g/mol. The molecule has 0 radical (unpaired) electrons. The van der Waals surface area contributed by atoms with Crippen LogP contribution in [0.2, 0.25) is 5.02 Å². The molecule has 1 fully saturated rings. The van der Waals surface area contributed by atoms with E-state index >= 15 is 0 Å². The van der Waals surface area contributed by atoms with E-state index in [1.807, 2.05) is 42.5 Å². The Kier molecular flexibility index (Phi) is 6.86. The first kappa shape index (κ1) is 22.7. The lowest BCUT2D eigenvalue weighted by Gasteiger charge is -2.14. The number of thioether (sulfide) groups is 1. The van der Waals surface area contributed by atoms with E-state index in [1.165, 1.54) is 12.1 Å². The first-order valence-corrected chi connectivity index (χ1v) is 11.1. The average molecular weight is 484 g/mol. The molecular formula is C24H18ClNO6S. The Balaban J connectivity index is 1.40. The van der Waals surface area contributed by atoms with Crippen molar-refractivity contribution in [2.45, 2.75) is 0 Å². The van der Waals surface area contributed by atoms with Gasteiger partial charge in [-0.1, -0.05) is 54.1 Å². The minimum atomic E-state index is -1.12. The third-order valence-electron chi connectivity index (χ3n) is 4.80.